The van der Waals surface area contributed by atoms with Gasteiger partial charge >= 0.3 is 0 Å². The molecule has 0 fully saturated rings. The van der Waals surface area contributed by atoms with Crippen LogP contribution in [0.2, 0.25) is 0 Å². The molecule has 0 bridgehead atoms. The molecule has 0 aliphatic carbocycles. The van der Waals surface area contributed by atoms with Crippen LogP contribution in [-0.4, -0.2) is 20.3 Å². The molecular formula is C12H18BrNO2. The summed E-state index contributed by atoms with van der Waals surface area (Å²) < 4.78 is 11.5. The van der Waals surface area contributed by atoms with Crippen LogP contribution in [0.15, 0.2) is 16.6 Å². The van der Waals surface area contributed by atoms with Gasteiger partial charge in [0.25, 0.3) is 0 Å². The second-order valence-electron chi connectivity index (χ2n) is 3.67. The zero-order valence-corrected chi connectivity index (χ0v) is 11.5. The van der Waals surface area contributed by atoms with Crippen molar-refractivity contribution in [2.75, 3.05) is 14.2 Å². The quantitative estimate of drug-likeness (QED) is 0.906. The average molecular weight is 288 g/mol. The van der Waals surface area contributed by atoms with Crippen molar-refractivity contribution in [3.63, 3.8) is 0 Å². The molecule has 2 N–H and O–H groups in total. The summed E-state index contributed by atoms with van der Waals surface area (Å²) in [5.74, 6) is 1.65. The Morgan fingerprint density at radius 1 is 1.25 bits per heavy atom. The van der Waals surface area contributed by atoms with E-state index in [1.807, 2.05) is 12.1 Å². The number of hydrogen-bond acceptors (Lipinski definition) is 3. The maximum atomic E-state index is 5.95. The van der Waals surface area contributed by atoms with E-state index < -0.39 is 0 Å². The van der Waals surface area contributed by atoms with Gasteiger partial charge in [0.2, 0.25) is 0 Å². The highest BCUT2D eigenvalue weighted by atomic mass is 79.9. The maximum absolute atomic E-state index is 5.95. The average Bonchev–Trinajstić information content (AvgIpc) is 2.30. The van der Waals surface area contributed by atoms with Crippen molar-refractivity contribution in [3.05, 3.63) is 22.2 Å². The Morgan fingerprint density at radius 3 is 2.38 bits per heavy atom. The summed E-state index contributed by atoms with van der Waals surface area (Å²) in [6, 6.07) is 4.04. The number of halogens is 1. The molecule has 3 nitrogen and oxygen atoms in total. The summed E-state index contributed by atoms with van der Waals surface area (Å²) in [7, 11) is 3.31. The first-order chi connectivity index (χ1) is 7.62. The predicted octanol–water partition coefficient (Wildman–Crippen LogP) is 2.75. The van der Waals surface area contributed by atoms with E-state index in [1.54, 1.807) is 14.2 Å². The van der Waals surface area contributed by atoms with Gasteiger partial charge in [-0.2, -0.15) is 0 Å². The highest BCUT2D eigenvalue weighted by Crippen LogP contribution is 2.33. The summed E-state index contributed by atoms with van der Waals surface area (Å²) in [6.45, 7) is 2.08. The first-order valence-corrected chi connectivity index (χ1v) is 6.07. The van der Waals surface area contributed by atoms with Crippen LogP contribution in [0.3, 0.4) is 0 Å². The fourth-order valence-corrected chi connectivity index (χ4v) is 1.99. The number of ether oxygens (including phenoxy) is 2. The SMILES string of the molecule is CC[C@H](N)Cc1cc(OC)c(Br)cc1OC. The Kier molecular flexibility index (Phi) is 5.09. The highest BCUT2D eigenvalue weighted by molar-refractivity contribution is 9.10. The highest BCUT2D eigenvalue weighted by Gasteiger charge is 2.11. The van der Waals surface area contributed by atoms with Crippen molar-refractivity contribution in [3.8, 4) is 11.5 Å². The summed E-state index contributed by atoms with van der Waals surface area (Å²) in [5.41, 5.74) is 7.03. The number of hydrogen-bond donors (Lipinski definition) is 1. The van der Waals surface area contributed by atoms with Crippen LogP contribution in [0, 0.1) is 0 Å². The van der Waals surface area contributed by atoms with Crippen LogP contribution in [0.25, 0.3) is 0 Å². The van der Waals surface area contributed by atoms with Gasteiger partial charge in [0.15, 0.2) is 0 Å². The Balaban J connectivity index is 3.04. The van der Waals surface area contributed by atoms with Gasteiger partial charge in [-0.1, -0.05) is 6.92 Å². The molecule has 1 aromatic rings. The summed E-state index contributed by atoms with van der Waals surface area (Å²) in [4.78, 5) is 0. The lowest BCUT2D eigenvalue weighted by molar-refractivity contribution is 0.395. The van der Waals surface area contributed by atoms with Crippen molar-refractivity contribution in [2.45, 2.75) is 25.8 Å². The molecule has 0 aliphatic rings. The van der Waals surface area contributed by atoms with Crippen molar-refractivity contribution in [2.24, 2.45) is 5.73 Å². The molecule has 0 heterocycles. The van der Waals surface area contributed by atoms with Gasteiger partial charge in [-0.3, -0.25) is 0 Å². The molecule has 0 radical (unpaired) electrons. The van der Waals surface area contributed by atoms with Crippen molar-refractivity contribution in [1.29, 1.82) is 0 Å². The third kappa shape index (κ3) is 3.12. The van der Waals surface area contributed by atoms with Crippen molar-refractivity contribution in [1.82, 2.24) is 0 Å². The normalized spacial score (nSPS) is 12.3. The van der Waals surface area contributed by atoms with E-state index in [4.69, 9.17) is 15.2 Å². The monoisotopic (exact) mass is 287 g/mol. The molecule has 1 atom stereocenters. The third-order valence-corrected chi connectivity index (χ3v) is 3.18. The molecule has 1 aromatic carbocycles. The minimum Gasteiger partial charge on any atom is -0.496 e. The standard InChI is InChI=1S/C12H18BrNO2/c1-4-9(14)5-8-6-12(16-3)10(13)7-11(8)15-2/h6-7,9H,4-5,14H2,1-3H3/t9-/m0/s1. The van der Waals surface area contributed by atoms with E-state index in [1.165, 1.54) is 0 Å². The second kappa shape index (κ2) is 6.11. The topological polar surface area (TPSA) is 44.5 Å². The zero-order chi connectivity index (χ0) is 12.1. The minimum atomic E-state index is 0.153. The van der Waals surface area contributed by atoms with E-state index in [0.29, 0.717) is 0 Å². The largest absolute Gasteiger partial charge is 0.496 e. The number of methoxy groups -OCH3 is 2. The molecule has 0 amide bonds. The Labute approximate surface area is 105 Å². The fraction of sp³-hybridized carbons (Fsp3) is 0.500. The molecule has 0 saturated carbocycles. The summed E-state index contributed by atoms with van der Waals surface area (Å²) in [5, 5.41) is 0. The minimum absolute atomic E-state index is 0.153. The molecule has 90 valence electrons. The molecule has 1 rings (SSSR count). The molecule has 0 spiro atoms. The molecular weight excluding hydrogens is 270 g/mol. The lowest BCUT2D eigenvalue weighted by Gasteiger charge is -2.15. The molecule has 0 aliphatic heterocycles. The Morgan fingerprint density at radius 2 is 1.88 bits per heavy atom. The van der Waals surface area contributed by atoms with Crippen LogP contribution in [0.4, 0.5) is 0 Å². The number of benzene rings is 1. The lowest BCUT2D eigenvalue weighted by Crippen LogP contribution is -2.21. The molecule has 4 heteroatoms. The van der Waals surface area contributed by atoms with Crippen LogP contribution < -0.4 is 15.2 Å². The Bertz CT molecular complexity index is 355. The van der Waals surface area contributed by atoms with Gasteiger partial charge in [-0.15, -0.1) is 0 Å². The van der Waals surface area contributed by atoms with Gasteiger partial charge < -0.3 is 15.2 Å². The van der Waals surface area contributed by atoms with Crippen LogP contribution >= 0.6 is 15.9 Å². The van der Waals surface area contributed by atoms with Crippen LogP contribution in [0.1, 0.15) is 18.9 Å². The van der Waals surface area contributed by atoms with Gasteiger partial charge in [0.05, 0.1) is 18.7 Å². The maximum Gasteiger partial charge on any atom is 0.133 e. The number of rotatable bonds is 5. The van der Waals surface area contributed by atoms with Gasteiger partial charge in [0, 0.05) is 6.04 Å². The van der Waals surface area contributed by atoms with E-state index in [-0.39, 0.29) is 6.04 Å². The molecule has 0 unspecified atom stereocenters. The summed E-state index contributed by atoms with van der Waals surface area (Å²) >= 11 is 3.43. The molecule has 0 aromatic heterocycles. The van der Waals surface area contributed by atoms with E-state index in [0.717, 1.165) is 34.4 Å². The zero-order valence-electron chi connectivity index (χ0n) is 9.92. The smallest absolute Gasteiger partial charge is 0.133 e. The fourth-order valence-electron chi connectivity index (χ4n) is 1.51. The molecule has 0 saturated heterocycles. The Hall–Kier alpha value is -0.740. The predicted molar refractivity (Wildman–Crippen MR) is 69.2 cm³/mol. The lowest BCUT2D eigenvalue weighted by atomic mass is 10.0. The van der Waals surface area contributed by atoms with Gasteiger partial charge in [-0.25, -0.2) is 0 Å². The third-order valence-electron chi connectivity index (χ3n) is 2.56. The van der Waals surface area contributed by atoms with Crippen LogP contribution in [-0.2, 0) is 6.42 Å². The van der Waals surface area contributed by atoms with Gasteiger partial charge in [0.1, 0.15) is 11.5 Å². The van der Waals surface area contributed by atoms with E-state index in [9.17, 15) is 0 Å². The first kappa shape index (κ1) is 13.3. The van der Waals surface area contributed by atoms with Crippen LogP contribution in [0.5, 0.6) is 11.5 Å². The molecule has 16 heavy (non-hydrogen) atoms. The first-order valence-electron chi connectivity index (χ1n) is 5.28. The van der Waals surface area contributed by atoms with E-state index in [2.05, 4.69) is 22.9 Å². The van der Waals surface area contributed by atoms with Crippen molar-refractivity contribution < 1.29 is 9.47 Å². The van der Waals surface area contributed by atoms with Gasteiger partial charge in [-0.05, 0) is 46.5 Å². The summed E-state index contributed by atoms with van der Waals surface area (Å²) in [6.07, 6.45) is 1.74. The second-order valence-corrected chi connectivity index (χ2v) is 4.53. The van der Waals surface area contributed by atoms with E-state index >= 15 is 0 Å². The van der Waals surface area contributed by atoms with Crippen molar-refractivity contribution >= 4 is 15.9 Å². The number of nitrogens with two attached hydrogens (primary N) is 1.